The van der Waals surface area contributed by atoms with Crippen molar-refractivity contribution in [1.29, 1.82) is 0 Å². The van der Waals surface area contributed by atoms with Crippen LogP contribution in [-0.2, 0) is 14.4 Å². The van der Waals surface area contributed by atoms with Crippen molar-refractivity contribution in [3.05, 3.63) is 65.2 Å². The van der Waals surface area contributed by atoms with E-state index in [1.54, 1.807) is 13.0 Å². The summed E-state index contributed by atoms with van der Waals surface area (Å²) in [5.74, 6) is -0.532. The highest BCUT2D eigenvalue weighted by atomic mass is 16.5. The number of amides is 3. The van der Waals surface area contributed by atoms with Crippen LogP contribution >= 0.6 is 0 Å². The number of ether oxygens (including phenoxy) is 1. The quantitative estimate of drug-likeness (QED) is 0.626. The van der Waals surface area contributed by atoms with Crippen molar-refractivity contribution in [1.82, 2.24) is 16.2 Å². The molecule has 2 aromatic carbocycles. The fourth-order valence-corrected chi connectivity index (χ4v) is 2.75. The average molecular weight is 397 g/mol. The molecule has 2 atom stereocenters. The molecule has 3 N–H and O–H groups in total. The first-order chi connectivity index (χ1) is 13.8. The molecule has 0 aromatic heterocycles. The van der Waals surface area contributed by atoms with Crippen molar-refractivity contribution in [3.8, 4) is 5.75 Å². The van der Waals surface area contributed by atoms with Crippen LogP contribution in [0.5, 0.6) is 5.75 Å². The minimum Gasteiger partial charge on any atom is -0.481 e. The molecule has 0 aliphatic heterocycles. The van der Waals surface area contributed by atoms with E-state index >= 15 is 0 Å². The van der Waals surface area contributed by atoms with Gasteiger partial charge in [-0.1, -0.05) is 42.5 Å². The predicted molar refractivity (Wildman–Crippen MR) is 110 cm³/mol. The fourth-order valence-electron chi connectivity index (χ4n) is 2.75. The van der Waals surface area contributed by atoms with Crippen molar-refractivity contribution in [2.24, 2.45) is 0 Å². The van der Waals surface area contributed by atoms with Gasteiger partial charge in [0.2, 0.25) is 11.8 Å². The molecule has 2 aromatic rings. The van der Waals surface area contributed by atoms with Crippen LogP contribution in [0.3, 0.4) is 0 Å². The van der Waals surface area contributed by atoms with Crippen molar-refractivity contribution in [2.75, 3.05) is 0 Å². The Hall–Kier alpha value is -3.35. The number of hydrogen-bond donors (Lipinski definition) is 3. The lowest BCUT2D eigenvalue weighted by molar-refractivity contribution is -0.133. The third kappa shape index (κ3) is 6.64. The second kappa shape index (κ2) is 10.3. The van der Waals surface area contributed by atoms with Crippen LogP contribution in [0.15, 0.2) is 48.5 Å². The van der Waals surface area contributed by atoms with Gasteiger partial charge in [-0.2, -0.15) is 0 Å². The maximum Gasteiger partial charge on any atom is 0.279 e. The summed E-state index contributed by atoms with van der Waals surface area (Å²) in [5, 5.41) is 2.74. The van der Waals surface area contributed by atoms with E-state index in [1.165, 1.54) is 6.92 Å². The van der Waals surface area contributed by atoms with Crippen molar-refractivity contribution in [2.45, 2.75) is 46.3 Å². The number of carbonyl (C=O) groups is 3. The number of hydrogen-bond acceptors (Lipinski definition) is 4. The van der Waals surface area contributed by atoms with E-state index in [2.05, 4.69) is 16.2 Å². The number of nitrogens with one attached hydrogen (secondary N) is 3. The van der Waals surface area contributed by atoms with Gasteiger partial charge in [-0.05, 0) is 43.5 Å². The summed E-state index contributed by atoms with van der Waals surface area (Å²) >= 11 is 0. The van der Waals surface area contributed by atoms with Gasteiger partial charge in [-0.3, -0.25) is 25.2 Å². The van der Waals surface area contributed by atoms with E-state index in [0.29, 0.717) is 5.75 Å². The Morgan fingerprint density at radius 2 is 1.66 bits per heavy atom. The zero-order chi connectivity index (χ0) is 21.4. The van der Waals surface area contributed by atoms with E-state index in [-0.39, 0.29) is 12.3 Å². The van der Waals surface area contributed by atoms with E-state index in [0.717, 1.165) is 16.7 Å². The molecule has 0 spiro atoms. The van der Waals surface area contributed by atoms with Crippen LogP contribution in [0.25, 0.3) is 0 Å². The average Bonchev–Trinajstić information content (AvgIpc) is 2.69. The predicted octanol–water partition coefficient (Wildman–Crippen LogP) is 2.49. The molecule has 0 heterocycles. The van der Waals surface area contributed by atoms with Gasteiger partial charge in [0.05, 0.1) is 12.5 Å². The summed E-state index contributed by atoms with van der Waals surface area (Å²) in [7, 11) is 0. The molecule has 29 heavy (non-hydrogen) atoms. The summed E-state index contributed by atoms with van der Waals surface area (Å²) in [6.45, 7) is 6.88. The number of aryl methyl sites for hydroxylation is 1. The van der Waals surface area contributed by atoms with Crippen molar-refractivity contribution in [3.63, 3.8) is 0 Å². The Bertz CT molecular complexity index is 868. The first-order valence-corrected chi connectivity index (χ1v) is 9.41. The molecular formula is C22H27N3O4. The van der Waals surface area contributed by atoms with Crippen LogP contribution in [0.2, 0.25) is 0 Å². The van der Waals surface area contributed by atoms with Crippen molar-refractivity contribution >= 4 is 17.7 Å². The minimum atomic E-state index is -0.795. The van der Waals surface area contributed by atoms with Crippen LogP contribution in [0.4, 0.5) is 0 Å². The summed E-state index contributed by atoms with van der Waals surface area (Å²) in [4.78, 5) is 36.0. The minimum absolute atomic E-state index is 0.0178. The molecule has 0 fully saturated rings. The summed E-state index contributed by atoms with van der Waals surface area (Å²) in [6.07, 6.45) is -0.813. The molecule has 7 nitrogen and oxygen atoms in total. The normalized spacial score (nSPS) is 12.4. The monoisotopic (exact) mass is 397 g/mol. The highest BCUT2D eigenvalue weighted by Crippen LogP contribution is 2.21. The largest absolute Gasteiger partial charge is 0.481 e. The third-order valence-electron chi connectivity index (χ3n) is 4.52. The fraction of sp³-hybridized carbons (Fsp3) is 0.318. The first kappa shape index (κ1) is 21.9. The van der Waals surface area contributed by atoms with E-state index in [4.69, 9.17) is 4.74 Å². The highest BCUT2D eigenvalue weighted by molar-refractivity contribution is 5.85. The van der Waals surface area contributed by atoms with E-state index in [9.17, 15) is 14.4 Å². The molecule has 0 bridgehead atoms. The number of benzene rings is 2. The van der Waals surface area contributed by atoms with Gasteiger partial charge >= 0.3 is 0 Å². The second-order valence-electron chi connectivity index (χ2n) is 6.86. The maximum atomic E-state index is 12.3. The molecule has 7 heteroatoms. The molecule has 154 valence electrons. The molecule has 0 saturated heterocycles. The second-order valence-corrected chi connectivity index (χ2v) is 6.86. The standard InChI is InChI=1S/C22H27N3O4/c1-14-9-8-12-20(15(14)2)29-16(3)22(28)25-24-21(27)13-19(23-17(4)26)18-10-6-5-7-11-18/h5-12,16,19H,13H2,1-4H3,(H,23,26)(H,24,27)(H,25,28)/t16-,19+/m0/s1. The number of carbonyl (C=O) groups excluding carboxylic acids is 3. The number of rotatable bonds is 7. The van der Waals surface area contributed by atoms with Gasteiger partial charge < -0.3 is 10.1 Å². The Kier molecular flexibility index (Phi) is 7.77. The zero-order valence-electron chi connectivity index (χ0n) is 17.1. The summed E-state index contributed by atoms with van der Waals surface area (Å²) in [5.41, 5.74) is 7.57. The molecule has 0 aliphatic rings. The zero-order valence-corrected chi connectivity index (χ0v) is 17.1. The van der Waals surface area contributed by atoms with E-state index in [1.807, 2.05) is 56.3 Å². The van der Waals surface area contributed by atoms with Gasteiger partial charge in [0.15, 0.2) is 6.10 Å². The van der Waals surface area contributed by atoms with Gasteiger partial charge in [0.25, 0.3) is 5.91 Å². The molecule has 3 amide bonds. The number of hydrazine groups is 1. The molecule has 0 unspecified atom stereocenters. The molecule has 0 radical (unpaired) electrons. The molecule has 0 aliphatic carbocycles. The smallest absolute Gasteiger partial charge is 0.279 e. The first-order valence-electron chi connectivity index (χ1n) is 9.41. The maximum absolute atomic E-state index is 12.3. The van der Waals surface area contributed by atoms with Gasteiger partial charge in [-0.15, -0.1) is 0 Å². The van der Waals surface area contributed by atoms with Crippen LogP contribution < -0.4 is 20.9 Å². The van der Waals surface area contributed by atoms with Crippen LogP contribution in [0.1, 0.15) is 43.0 Å². The lowest BCUT2D eigenvalue weighted by Gasteiger charge is -2.19. The summed E-state index contributed by atoms with van der Waals surface area (Å²) < 4.78 is 5.70. The summed E-state index contributed by atoms with van der Waals surface area (Å²) in [6, 6.07) is 14.3. The van der Waals surface area contributed by atoms with Crippen molar-refractivity contribution < 1.29 is 19.1 Å². The Labute approximate surface area is 170 Å². The van der Waals surface area contributed by atoms with Crippen LogP contribution in [-0.4, -0.2) is 23.8 Å². The highest BCUT2D eigenvalue weighted by Gasteiger charge is 2.20. The topological polar surface area (TPSA) is 96.5 Å². The molecule has 2 rings (SSSR count). The Morgan fingerprint density at radius 1 is 0.966 bits per heavy atom. The Balaban J connectivity index is 1.90. The lowest BCUT2D eigenvalue weighted by Crippen LogP contribution is -2.48. The van der Waals surface area contributed by atoms with Gasteiger partial charge in [-0.25, -0.2) is 0 Å². The molecular weight excluding hydrogens is 370 g/mol. The van der Waals surface area contributed by atoms with Gasteiger partial charge in [0, 0.05) is 6.92 Å². The third-order valence-corrected chi connectivity index (χ3v) is 4.52. The van der Waals surface area contributed by atoms with E-state index < -0.39 is 24.0 Å². The van der Waals surface area contributed by atoms with Gasteiger partial charge in [0.1, 0.15) is 5.75 Å². The SMILES string of the molecule is CC(=O)N[C@H](CC(=O)NNC(=O)[C@H](C)Oc1cccc(C)c1C)c1ccccc1. The lowest BCUT2D eigenvalue weighted by atomic mass is 10.0. The Morgan fingerprint density at radius 3 is 2.31 bits per heavy atom. The van der Waals surface area contributed by atoms with Crippen LogP contribution in [0, 0.1) is 13.8 Å². The molecule has 0 saturated carbocycles.